The maximum Gasteiger partial charge on any atom is 0.00472 e. The van der Waals surface area contributed by atoms with E-state index in [2.05, 4.69) is 32.5 Å². The minimum Gasteiger partial charge on any atom is -0.158 e. The summed E-state index contributed by atoms with van der Waals surface area (Å²) < 4.78 is 0. The summed E-state index contributed by atoms with van der Waals surface area (Å²) in [7, 11) is 0. The van der Waals surface area contributed by atoms with Crippen LogP contribution in [0.4, 0.5) is 0 Å². The van der Waals surface area contributed by atoms with Crippen molar-refractivity contribution in [2.45, 2.75) is 26.0 Å². The van der Waals surface area contributed by atoms with Crippen LogP contribution in [0.15, 0.2) is 0 Å². The SMILES string of the molecule is CC1CSC(C)[C@H]1C. The molecule has 0 N–H and O–H groups in total. The van der Waals surface area contributed by atoms with Gasteiger partial charge in [0.1, 0.15) is 0 Å². The van der Waals surface area contributed by atoms with Crippen molar-refractivity contribution in [3.8, 4) is 0 Å². The average Bonchev–Trinajstić information content (AvgIpc) is 1.98. The predicted octanol–water partition coefficient (Wildman–Crippen LogP) is 2.39. The number of thioether (sulfide) groups is 1. The van der Waals surface area contributed by atoms with E-state index in [0.29, 0.717) is 0 Å². The summed E-state index contributed by atoms with van der Waals surface area (Å²) in [6.07, 6.45) is 0. The molecule has 0 aromatic heterocycles. The molecule has 0 saturated carbocycles. The Balaban J connectivity index is 2.44. The molecule has 1 rings (SSSR count). The number of hydrogen-bond acceptors (Lipinski definition) is 1. The Morgan fingerprint density at radius 3 is 2.00 bits per heavy atom. The lowest BCUT2D eigenvalue weighted by Crippen LogP contribution is -2.09. The van der Waals surface area contributed by atoms with E-state index in [1.165, 1.54) is 5.75 Å². The third-order valence-electron chi connectivity index (χ3n) is 2.26. The lowest BCUT2D eigenvalue weighted by atomic mass is 9.96. The predicted molar refractivity (Wildman–Crippen MR) is 40.2 cm³/mol. The largest absolute Gasteiger partial charge is 0.158 e. The van der Waals surface area contributed by atoms with Crippen LogP contribution in [0.5, 0.6) is 0 Å². The van der Waals surface area contributed by atoms with Gasteiger partial charge in [0.2, 0.25) is 0 Å². The van der Waals surface area contributed by atoms with Gasteiger partial charge in [0.15, 0.2) is 0 Å². The fourth-order valence-electron chi connectivity index (χ4n) is 1.07. The molecule has 0 nitrogen and oxygen atoms in total. The summed E-state index contributed by atoms with van der Waals surface area (Å²) in [5.74, 6) is 3.28. The summed E-state index contributed by atoms with van der Waals surface area (Å²) >= 11 is 2.11. The first-order chi connectivity index (χ1) is 3.72. The molecule has 0 aromatic rings. The van der Waals surface area contributed by atoms with Crippen LogP contribution in [-0.4, -0.2) is 11.0 Å². The monoisotopic (exact) mass is 130 g/mol. The van der Waals surface area contributed by atoms with E-state index in [4.69, 9.17) is 0 Å². The first kappa shape index (κ1) is 6.47. The molecule has 1 heterocycles. The molecule has 0 amide bonds. The van der Waals surface area contributed by atoms with Crippen molar-refractivity contribution in [2.75, 3.05) is 5.75 Å². The fourth-order valence-corrected chi connectivity index (χ4v) is 2.55. The van der Waals surface area contributed by atoms with Crippen LogP contribution in [0.3, 0.4) is 0 Å². The molecule has 0 aromatic carbocycles. The minimum atomic E-state index is 0.907. The first-order valence-electron chi connectivity index (χ1n) is 3.33. The van der Waals surface area contributed by atoms with Gasteiger partial charge < -0.3 is 0 Å². The van der Waals surface area contributed by atoms with Gasteiger partial charge in [0, 0.05) is 5.25 Å². The molecule has 0 bridgehead atoms. The fraction of sp³-hybridized carbons (Fsp3) is 1.00. The Bertz CT molecular complexity index is 70.5. The van der Waals surface area contributed by atoms with E-state index >= 15 is 0 Å². The van der Waals surface area contributed by atoms with Gasteiger partial charge >= 0.3 is 0 Å². The summed E-state index contributed by atoms with van der Waals surface area (Å²) in [6, 6.07) is 0. The molecule has 0 radical (unpaired) electrons. The molecular weight excluding hydrogens is 116 g/mol. The second-order valence-electron chi connectivity index (χ2n) is 2.87. The number of rotatable bonds is 0. The van der Waals surface area contributed by atoms with Crippen molar-refractivity contribution < 1.29 is 0 Å². The second-order valence-corrected chi connectivity index (χ2v) is 4.29. The Kier molecular flexibility index (Phi) is 1.86. The van der Waals surface area contributed by atoms with Gasteiger partial charge in [-0.05, 0) is 17.6 Å². The van der Waals surface area contributed by atoms with E-state index in [9.17, 15) is 0 Å². The van der Waals surface area contributed by atoms with Crippen molar-refractivity contribution in [3.63, 3.8) is 0 Å². The van der Waals surface area contributed by atoms with Gasteiger partial charge in [-0.25, -0.2) is 0 Å². The van der Waals surface area contributed by atoms with Gasteiger partial charge in [0.05, 0.1) is 0 Å². The quantitative estimate of drug-likeness (QED) is 0.485. The van der Waals surface area contributed by atoms with Crippen molar-refractivity contribution >= 4 is 11.8 Å². The maximum absolute atomic E-state index is 2.36. The van der Waals surface area contributed by atoms with Crippen LogP contribution < -0.4 is 0 Å². The summed E-state index contributed by atoms with van der Waals surface area (Å²) in [5.41, 5.74) is 0. The molecule has 1 heteroatoms. The van der Waals surface area contributed by atoms with Crippen molar-refractivity contribution in [3.05, 3.63) is 0 Å². The van der Waals surface area contributed by atoms with Crippen molar-refractivity contribution in [1.29, 1.82) is 0 Å². The van der Waals surface area contributed by atoms with Crippen LogP contribution in [0.2, 0.25) is 0 Å². The molecule has 48 valence electrons. The molecule has 0 spiro atoms. The van der Waals surface area contributed by atoms with Gasteiger partial charge in [-0.1, -0.05) is 20.8 Å². The Morgan fingerprint density at radius 1 is 1.25 bits per heavy atom. The van der Waals surface area contributed by atoms with Crippen LogP contribution in [0.25, 0.3) is 0 Å². The van der Waals surface area contributed by atoms with E-state index in [1.54, 1.807) is 0 Å². The lowest BCUT2D eigenvalue weighted by Gasteiger charge is -2.10. The first-order valence-corrected chi connectivity index (χ1v) is 4.38. The van der Waals surface area contributed by atoms with Gasteiger partial charge in [-0.15, -0.1) is 0 Å². The Hall–Kier alpha value is 0.350. The normalized spacial score (nSPS) is 47.6. The van der Waals surface area contributed by atoms with Crippen molar-refractivity contribution in [1.82, 2.24) is 0 Å². The third-order valence-corrected chi connectivity index (χ3v) is 3.93. The third kappa shape index (κ3) is 1.02. The minimum absolute atomic E-state index is 0.907. The highest BCUT2D eigenvalue weighted by Gasteiger charge is 2.26. The van der Waals surface area contributed by atoms with Crippen LogP contribution in [0.1, 0.15) is 20.8 Å². The zero-order valence-electron chi connectivity index (χ0n) is 5.85. The second kappa shape index (κ2) is 2.30. The summed E-state index contributed by atoms with van der Waals surface area (Å²) in [6.45, 7) is 7.04. The standard InChI is InChI=1S/C7H14S/c1-5-4-8-7(3)6(5)2/h5-7H,4H2,1-3H3/t5?,6-,7?/m0/s1. The molecule has 2 unspecified atom stereocenters. The van der Waals surface area contributed by atoms with E-state index in [-0.39, 0.29) is 0 Å². The van der Waals surface area contributed by atoms with Crippen LogP contribution >= 0.6 is 11.8 Å². The highest BCUT2D eigenvalue weighted by molar-refractivity contribution is 8.00. The lowest BCUT2D eigenvalue weighted by molar-refractivity contribution is 0.449. The average molecular weight is 130 g/mol. The molecule has 1 aliphatic heterocycles. The van der Waals surface area contributed by atoms with Crippen molar-refractivity contribution in [2.24, 2.45) is 11.8 Å². The molecule has 1 saturated heterocycles. The van der Waals surface area contributed by atoms with E-state index < -0.39 is 0 Å². The van der Waals surface area contributed by atoms with E-state index in [0.717, 1.165) is 17.1 Å². The summed E-state index contributed by atoms with van der Waals surface area (Å²) in [5, 5.41) is 0.907. The molecule has 8 heavy (non-hydrogen) atoms. The Labute approximate surface area is 56.0 Å². The molecule has 1 fully saturated rings. The summed E-state index contributed by atoms with van der Waals surface area (Å²) in [4.78, 5) is 0. The molecular formula is C7H14S. The zero-order valence-corrected chi connectivity index (χ0v) is 6.66. The molecule has 0 aliphatic carbocycles. The van der Waals surface area contributed by atoms with Crippen LogP contribution in [0, 0.1) is 11.8 Å². The van der Waals surface area contributed by atoms with Gasteiger partial charge in [0.25, 0.3) is 0 Å². The van der Waals surface area contributed by atoms with Gasteiger partial charge in [-0.2, -0.15) is 11.8 Å². The van der Waals surface area contributed by atoms with Gasteiger partial charge in [-0.3, -0.25) is 0 Å². The highest BCUT2D eigenvalue weighted by Crippen LogP contribution is 2.35. The smallest absolute Gasteiger partial charge is 0.00472 e. The molecule has 3 atom stereocenters. The maximum atomic E-state index is 2.36. The van der Waals surface area contributed by atoms with E-state index in [1.807, 2.05) is 0 Å². The highest BCUT2D eigenvalue weighted by atomic mass is 32.2. The van der Waals surface area contributed by atoms with Crippen LogP contribution in [-0.2, 0) is 0 Å². The number of hydrogen-bond donors (Lipinski definition) is 0. The Morgan fingerprint density at radius 2 is 1.88 bits per heavy atom. The topological polar surface area (TPSA) is 0 Å². The molecule has 1 aliphatic rings. The zero-order chi connectivity index (χ0) is 6.15.